The first-order chi connectivity index (χ1) is 17.3. The molecular formula is C28H30FN5O2. The van der Waals surface area contributed by atoms with Crippen molar-refractivity contribution in [2.45, 2.75) is 58.3 Å². The van der Waals surface area contributed by atoms with Gasteiger partial charge in [-0.2, -0.15) is 0 Å². The number of halogens is 1. The highest BCUT2D eigenvalue weighted by Crippen LogP contribution is 2.55. The monoisotopic (exact) mass is 487 g/mol. The average Bonchev–Trinajstić information content (AvgIpc) is 3.44. The Morgan fingerprint density at radius 2 is 1.97 bits per heavy atom. The van der Waals surface area contributed by atoms with Crippen LogP contribution in [0.3, 0.4) is 0 Å². The van der Waals surface area contributed by atoms with Crippen LogP contribution in [0.5, 0.6) is 0 Å². The van der Waals surface area contributed by atoms with E-state index in [9.17, 15) is 4.79 Å². The third kappa shape index (κ3) is 3.16. The summed E-state index contributed by atoms with van der Waals surface area (Å²) >= 11 is 0. The molecule has 7 rings (SSSR count). The standard InChI is InChI=1S/C28H30FN5O2/c1-15-3-4-23(16-7-17-10-28(5-6-28)27(35)33(2)25(17)21(29)8-16)34(12-15)24-9-18-19-13-36-14-20(19)26(30)32-22(18)11-31-24/h7-9,11,15,23H,3-6,10,12-14H2,1-2H3,(H2,30,32)/t15-,23?/m0/s1. The van der Waals surface area contributed by atoms with Crippen molar-refractivity contribution >= 4 is 34.1 Å². The highest BCUT2D eigenvalue weighted by molar-refractivity contribution is 6.02. The van der Waals surface area contributed by atoms with Gasteiger partial charge in [0.25, 0.3) is 0 Å². The maximum atomic E-state index is 15.5. The van der Waals surface area contributed by atoms with Crippen LogP contribution in [0.2, 0.25) is 0 Å². The third-order valence-electron chi connectivity index (χ3n) is 8.74. The highest BCUT2D eigenvalue weighted by atomic mass is 19.1. The Kier molecular flexibility index (Phi) is 4.65. The molecule has 1 aliphatic carbocycles. The van der Waals surface area contributed by atoms with E-state index in [0.717, 1.165) is 71.2 Å². The van der Waals surface area contributed by atoms with Gasteiger partial charge in [-0.3, -0.25) is 4.79 Å². The van der Waals surface area contributed by atoms with Gasteiger partial charge in [-0.1, -0.05) is 13.0 Å². The summed E-state index contributed by atoms with van der Waals surface area (Å²) in [5.74, 6) is 1.62. The molecule has 8 heteroatoms. The number of aromatic nitrogens is 2. The Bertz CT molecular complexity index is 1440. The molecule has 3 aliphatic heterocycles. The maximum Gasteiger partial charge on any atom is 0.233 e. The number of amides is 1. The molecule has 2 N–H and O–H groups in total. The minimum atomic E-state index is -0.315. The number of nitrogen functional groups attached to an aromatic ring is 1. The quantitative estimate of drug-likeness (QED) is 0.566. The van der Waals surface area contributed by atoms with E-state index in [1.54, 1.807) is 19.3 Å². The van der Waals surface area contributed by atoms with Crippen LogP contribution in [-0.2, 0) is 29.2 Å². The van der Waals surface area contributed by atoms with Crippen molar-refractivity contribution in [1.29, 1.82) is 0 Å². The van der Waals surface area contributed by atoms with Gasteiger partial charge in [0.1, 0.15) is 17.5 Å². The number of pyridine rings is 2. The fraction of sp³-hybridized carbons (Fsp3) is 0.464. The summed E-state index contributed by atoms with van der Waals surface area (Å²) in [5, 5.41) is 1.02. The lowest BCUT2D eigenvalue weighted by Crippen LogP contribution is -2.41. The topological polar surface area (TPSA) is 84.6 Å². The van der Waals surface area contributed by atoms with Crippen molar-refractivity contribution < 1.29 is 13.9 Å². The molecule has 186 valence electrons. The molecule has 1 amide bonds. The van der Waals surface area contributed by atoms with E-state index in [1.165, 1.54) is 4.90 Å². The molecule has 1 saturated carbocycles. The molecule has 4 aliphatic rings. The summed E-state index contributed by atoms with van der Waals surface area (Å²) in [7, 11) is 1.71. The van der Waals surface area contributed by atoms with Gasteiger partial charge in [0.05, 0.1) is 42.1 Å². The molecular weight excluding hydrogens is 457 g/mol. The van der Waals surface area contributed by atoms with Crippen molar-refractivity contribution in [2.24, 2.45) is 11.3 Å². The van der Waals surface area contributed by atoms with Gasteiger partial charge in [-0.25, -0.2) is 14.4 Å². The summed E-state index contributed by atoms with van der Waals surface area (Å²) in [5.41, 5.74) is 11.0. The molecule has 0 radical (unpaired) electrons. The number of carbonyl (C=O) groups is 1. The molecule has 2 aromatic heterocycles. The number of hydrogen-bond donors (Lipinski definition) is 1. The van der Waals surface area contributed by atoms with Crippen LogP contribution in [-0.4, -0.2) is 29.5 Å². The van der Waals surface area contributed by atoms with Crippen molar-refractivity contribution in [3.8, 4) is 0 Å². The lowest BCUT2D eigenvalue weighted by atomic mass is 9.84. The smallest absolute Gasteiger partial charge is 0.233 e. The fourth-order valence-electron chi connectivity index (χ4n) is 6.59. The molecule has 2 fully saturated rings. The number of benzene rings is 1. The van der Waals surface area contributed by atoms with Crippen LogP contribution in [0, 0.1) is 17.2 Å². The molecule has 0 bridgehead atoms. The first kappa shape index (κ1) is 22.0. The second-order valence-corrected chi connectivity index (χ2v) is 11.2. The summed E-state index contributed by atoms with van der Waals surface area (Å²) in [6.07, 6.45) is 6.19. The zero-order valence-corrected chi connectivity index (χ0v) is 20.7. The van der Waals surface area contributed by atoms with Gasteiger partial charge < -0.3 is 20.3 Å². The van der Waals surface area contributed by atoms with E-state index >= 15 is 4.39 Å². The van der Waals surface area contributed by atoms with Crippen molar-refractivity contribution in [3.05, 3.63) is 52.5 Å². The Hall–Kier alpha value is -3.26. The number of fused-ring (bicyclic) bond motifs is 4. The Labute approximate surface area is 209 Å². The maximum absolute atomic E-state index is 15.5. The van der Waals surface area contributed by atoms with Crippen LogP contribution in [0.1, 0.15) is 60.9 Å². The van der Waals surface area contributed by atoms with E-state index in [2.05, 4.69) is 28.9 Å². The first-order valence-electron chi connectivity index (χ1n) is 12.9. The number of nitrogens with two attached hydrogens (primary N) is 1. The van der Waals surface area contributed by atoms with Gasteiger partial charge in [0.2, 0.25) is 5.91 Å². The molecule has 36 heavy (non-hydrogen) atoms. The molecule has 5 heterocycles. The molecule has 3 aromatic rings. The summed E-state index contributed by atoms with van der Waals surface area (Å²) in [6.45, 7) is 4.10. The SMILES string of the molecule is C[C@H]1CCC(c2cc(F)c3c(c2)CC2(CC2)C(=O)N3C)N(c2cc3c4c(c(N)nc3cn2)COC4)C1. The van der Waals surface area contributed by atoms with E-state index in [-0.39, 0.29) is 23.2 Å². The summed E-state index contributed by atoms with van der Waals surface area (Å²) in [6, 6.07) is 5.88. The largest absolute Gasteiger partial charge is 0.383 e. The molecule has 1 unspecified atom stereocenters. The Morgan fingerprint density at radius 3 is 2.78 bits per heavy atom. The second-order valence-electron chi connectivity index (χ2n) is 11.2. The summed E-state index contributed by atoms with van der Waals surface area (Å²) < 4.78 is 21.2. The van der Waals surface area contributed by atoms with Crippen LogP contribution >= 0.6 is 0 Å². The second kappa shape index (κ2) is 7.62. The van der Waals surface area contributed by atoms with Crippen LogP contribution in [0.25, 0.3) is 10.9 Å². The number of hydrogen-bond acceptors (Lipinski definition) is 6. The summed E-state index contributed by atoms with van der Waals surface area (Å²) in [4.78, 5) is 26.0. The molecule has 1 spiro atoms. The van der Waals surface area contributed by atoms with E-state index < -0.39 is 0 Å². The third-order valence-corrected chi connectivity index (χ3v) is 8.74. The van der Waals surface area contributed by atoms with Crippen molar-refractivity contribution in [2.75, 3.05) is 29.1 Å². The highest BCUT2D eigenvalue weighted by Gasteiger charge is 2.54. The predicted molar refractivity (Wildman–Crippen MR) is 136 cm³/mol. The number of anilines is 3. The molecule has 1 saturated heterocycles. The zero-order valence-electron chi connectivity index (χ0n) is 20.7. The van der Waals surface area contributed by atoms with E-state index in [4.69, 9.17) is 15.5 Å². The van der Waals surface area contributed by atoms with Crippen molar-refractivity contribution in [1.82, 2.24) is 9.97 Å². The minimum Gasteiger partial charge on any atom is -0.383 e. The van der Waals surface area contributed by atoms with Crippen LogP contribution in [0.15, 0.2) is 24.4 Å². The molecule has 1 aromatic carbocycles. The van der Waals surface area contributed by atoms with Gasteiger partial charge in [-0.15, -0.1) is 0 Å². The van der Waals surface area contributed by atoms with E-state index in [1.807, 2.05) is 0 Å². The zero-order chi connectivity index (χ0) is 24.8. The Balaban J connectivity index is 1.31. The fourth-order valence-corrected chi connectivity index (χ4v) is 6.59. The van der Waals surface area contributed by atoms with Crippen LogP contribution < -0.4 is 15.5 Å². The number of carbonyl (C=O) groups excluding carboxylic acids is 1. The van der Waals surface area contributed by atoms with Gasteiger partial charge in [0, 0.05) is 24.5 Å². The molecule has 7 nitrogen and oxygen atoms in total. The van der Waals surface area contributed by atoms with Crippen molar-refractivity contribution in [3.63, 3.8) is 0 Å². The molecule has 2 atom stereocenters. The lowest BCUT2D eigenvalue weighted by molar-refractivity contribution is -0.123. The first-order valence-corrected chi connectivity index (χ1v) is 12.9. The van der Waals surface area contributed by atoms with Crippen LogP contribution in [0.4, 0.5) is 21.7 Å². The number of piperidine rings is 1. The Morgan fingerprint density at radius 1 is 1.17 bits per heavy atom. The average molecular weight is 488 g/mol. The number of ether oxygens (including phenoxy) is 1. The lowest BCUT2D eigenvalue weighted by Gasteiger charge is -2.41. The normalized spacial score (nSPS) is 24.4. The minimum absolute atomic E-state index is 0.00933. The predicted octanol–water partition coefficient (Wildman–Crippen LogP) is 4.66. The van der Waals surface area contributed by atoms with Gasteiger partial charge in [-0.05, 0) is 66.8 Å². The number of nitrogens with zero attached hydrogens (tertiary/aromatic N) is 4. The van der Waals surface area contributed by atoms with E-state index in [0.29, 0.717) is 37.1 Å². The van der Waals surface area contributed by atoms with Gasteiger partial charge >= 0.3 is 0 Å². The number of rotatable bonds is 2. The van der Waals surface area contributed by atoms with Gasteiger partial charge in [0.15, 0.2) is 0 Å².